The SMILES string of the molecule is Cc1ccc(C(=O)N2CCC(Oc3ncnc(OC4CCN(S(C)(=O)=O)CC4)c3C)CC2)c(F)c1. The van der Waals surface area contributed by atoms with Crippen molar-refractivity contribution in [1.29, 1.82) is 0 Å². The maximum Gasteiger partial charge on any atom is 0.256 e. The molecule has 2 saturated heterocycles. The van der Waals surface area contributed by atoms with Crippen LogP contribution in [-0.4, -0.2) is 78.1 Å². The van der Waals surface area contributed by atoms with Crippen molar-refractivity contribution in [3.05, 3.63) is 47.0 Å². The number of carbonyl (C=O) groups is 1. The van der Waals surface area contributed by atoms with Gasteiger partial charge in [-0.15, -0.1) is 0 Å². The Kier molecular flexibility index (Phi) is 7.56. The molecule has 2 aromatic rings. The lowest BCUT2D eigenvalue weighted by Crippen LogP contribution is -2.42. The standard InChI is InChI=1S/C24H31FN4O5S/c1-16-4-5-20(21(25)14-16)24(30)28-10-6-18(7-11-28)33-22-17(2)23(27-15-26-22)34-19-8-12-29(13-9-19)35(3,31)32/h4-5,14-15,18-19H,6-13H2,1-3H3. The summed E-state index contributed by atoms with van der Waals surface area (Å²) >= 11 is 0. The fraction of sp³-hybridized carbons (Fsp3) is 0.542. The fourth-order valence-corrected chi connectivity index (χ4v) is 5.27. The highest BCUT2D eigenvalue weighted by Gasteiger charge is 2.29. The Morgan fingerprint density at radius 3 is 2.03 bits per heavy atom. The van der Waals surface area contributed by atoms with Gasteiger partial charge in [0.25, 0.3) is 5.91 Å². The van der Waals surface area contributed by atoms with Crippen molar-refractivity contribution in [1.82, 2.24) is 19.2 Å². The van der Waals surface area contributed by atoms with Crippen molar-refractivity contribution in [3.8, 4) is 11.8 Å². The molecule has 0 N–H and O–H groups in total. The van der Waals surface area contributed by atoms with Crippen LogP contribution in [0.3, 0.4) is 0 Å². The number of carbonyl (C=O) groups excluding carboxylic acids is 1. The second-order valence-corrected chi connectivity index (χ2v) is 11.2. The number of halogens is 1. The predicted octanol–water partition coefficient (Wildman–Crippen LogP) is 2.72. The third-order valence-corrected chi connectivity index (χ3v) is 7.81. The highest BCUT2D eigenvalue weighted by atomic mass is 32.2. The highest BCUT2D eigenvalue weighted by molar-refractivity contribution is 7.88. The lowest BCUT2D eigenvalue weighted by molar-refractivity contribution is 0.0580. The van der Waals surface area contributed by atoms with Gasteiger partial charge < -0.3 is 14.4 Å². The Morgan fingerprint density at radius 2 is 1.51 bits per heavy atom. The number of rotatable bonds is 6. The number of piperidine rings is 2. The van der Waals surface area contributed by atoms with Gasteiger partial charge in [0.05, 0.1) is 17.4 Å². The minimum Gasteiger partial charge on any atom is -0.474 e. The number of benzene rings is 1. The summed E-state index contributed by atoms with van der Waals surface area (Å²) in [4.78, 5) is 22.9. The Bertz CT molecular complexity index is 1180. The molecule has 35 heavy (non-hydrogen) atoms. The van der Waals surface area contributed by atoms with E-state index in [1.807, 2.05) is 6.92 Å². The summed E-state index contributed by atoms with van der Waals surface area (Å²) < 4.78 is 51.3. The number of likely N-dealkylation sites (tertiary alicyclic amines) is 1. The summed E-state index contributed by atoms with van der Waals surface area (Å²) in [6.45, 7) is 5.37. The first-order valence-corrected chi connectivity index (χ1v) is 13.6. The molecule has 0 unspecified atom stereocenters. The topological polar surface area (TPSA) is 102 Å². The summed E-state index contributed by atoms with van der Waals surface area (Å²) in [5, 5.41) is 0. The first-order chi connectivity index (χ1) is 16.6. The minimum atomic E-state index is -3.19. The summed E-state index contributed by atoms with van der Waals surface area (Å²) in [6, 6.07) is 4.64. The van der Waals surface area contributed by atoms with E-state index in [0.717, 1.165) is 5.56 Å². The van der Waals surface area contributed by atoms with Gasteiger partial charge in [-0.1, -0.05) is 6.07 Å². The third kappa shape index (κ3) is 6.07. The number of aromatic nitrogens is 2. The number of hydrogen-bond acceptors (Lipinski definition) is 7. The highest BCUT2D eigenvalue weighted by Crippen LogP contribution is 2.28. The molecule has 1 aromatic heterocycles. The van der Waals surface area contributed by atoms with Crippen LogP contribution in [0, 0.1) is 19.7 Å². The van der Waals surface area contributed by atoms with E-state index in [-0.39, 0.29) is 23.7 Å². The molecule has 0 spiro atoms. The molecular weight excluding hydrogens is 475 g/mol. The van der Waals surface area contributed by atoms with Crippen LogP contribution in [0.2, 0.25) is 0 Å². The van der Waals surface area contributed by atoms with Crippen molar-refractivity contribution in [2.45, 2.75) is 51.7 Å². The molecule has 0 bridgehead atoms. The third-order valence-electron chi connectivity index (χ3n) is 6.50. The van der Waals surface area contributed by atoms with E-state index in [1.54, 1.807) is 17.9 Å². The summed E-state index contributed by atoms with van der Waals surface area (Å²) in [5.41, 5.74) is 1.54. The van der Waals surface area contributed by atoms with E-state index >= 15 is 0 Å². The molecule has 1 aromatic carbocycles. The van der Waals surface area contributed by atoms with Gasteiger partial charge in [0, 0.05) is 39.0 Å². The zero-order valence-corrected chi connectivity index (χ0v) is 21.1. The number of sulfonamides is 1. The molecule has 2 aliphatic rings. The van der Waals surface area contributed by atoms with Gasteiger partial charge in [-0.3, -0.25) is 4.79 Å². The summed E-state index contributed by atoms with van der Waals surface area (Å²) in [5.74, 6) is 0.0458. The number of aryl methyl sites for hydroxylation is 1. The Balaban J connectivity index is 1.32. The second-order valence-electron chi connectivity index (χ2n) is 9.18. The molecule has 1 amide bonds. The molecule has 0 atom stereocenters. The van der Waals surface area contributed by atoms with E-state index in [9.17, 15) is 17.6 Å². The average Bonchev–Trinajstić information content (AvgIpc) is 2.81. The maximum absolute atomic E-state index is 14.2. The van der Waals surface area contributed by atoms with Crippen LogP contribution in [0.15, 0.2) is 24.5 Å². The normalized spacial score (nSPS) is 18.5. The number of ether oxygens (including phenoxy) is 2. The Labute approximate surface area is 205 Å². The predicted molar refractivity (Wildman–Crippen MR) is 128 cm³/mol. The molecule has 11 heteroatoms. The van der Waals surface area contributed by atoms with E-state index in [2.05, 4.69) is 9.97 Å². The van der Waals surface area contributed by atoms with Crippen molar-refractivity contribution < 1.29 is 27.1 Å². The van der Waals surface area contributed by atoms with Gasteiger partial charge in [0.15, 0.2) is 0 Å². The van der Waals surface area contributed by atoms with E-state index < -0.39 is 15.8 Å². The van der Waals surface area contributed by atoms with Crippen LogP contribution >= 0.6 is 0 Å². The van der Waals surface area contributed by atoms with E-state index in [0.29, 0.717) is 69.2 Å². The molecule has 3 heterocycles. The molecule has 0 saturated carbocycles. The molecular formula is C24H31FN4O5S. The van der Waals surface area contributed by atoms with Crippen molar-refractivity contribution >= 4 is 15.9 Å². The second kappa shape index (κ2) is 10.4. The van der Waals surface area contributed by atoms with Crippen LogP contribution < -0.4 is 9.47 Å². The zero-order valence-electron chi connectivity index (χ0n) is 20.2. The molecule has 0 radical (unpaired) electrons. The number of amides is 1. The monoisotopic (exact) mass is 506 g/mol. The average molecular weight is 507 g/mol. The largest absolute Gasteiger partial charge is 0.474 e. The minimum absolute atomic E-state index is 0.0887. The van der Waals surface area contributed by atoms with Gasteiger partial charge in [-0.05, 0) is 44.4 Å². The van der Waals surface area contributed by atoms with Crippen LogP contribution in [-0.2, 0) is 10.0 Å². The molecule has 190 valence electrons. The lowest BCUT2D eigenvalue weighted by Gasteiger charge is -2.32. The van der Waals surface area contributed by atoms with Crippen molar-refractivity contribution in [2.24, 2.45) is 0 Å². The summed E-state index contributed by atoms with van der Waals surface area (Å²) in [6.07, 6.45) is 4.70. The van der Waals surface area contributed by atoms with Gasteiger partial charge in [-0.25, -0.2) is 27.1 Å². The van der Waals surface area contributed by atoms with Crippen LogP contribution in [0.1, 0.15) is 47.2 Å². The lowest BCUT2D eigenvalue weighted by atomic mass is 10.1. The van der Waals surface area contributed by atoms with E-state index in [4.69, 9.17) is 9.47 Å². The smallest absolute Gasteiger partial charge is 0.256 e. The first kappa shape index (κ1) is 25.3. The van der Waals surface area contributed by atoms with E-state index in [1.165, 1.54) is 29.0 Å². The van der Waals surface area contributed by atoms with Crippen molar-refractivity contribution in [2.75, 3.05) is 32.4 Å². The Hall–Kier alpha value is -2.79. The van der Waals surface area contributed by atoms with Gasteiger partial charge >= 0.3 is 0 Å². The Morgan fingerprint density at radius 1 is 0.971 bits per heavy atom. The quantitative estimate of drug-likeness (QED) is 0.594. The molecule has 9 nitrogen and oxygen atoms in total. The number of hydrogen-bond donors (Lipinski definition) is 0. The maximum atomic E-state index is 14.2. The molecule has 2 aliphatic heterocycles. The van der Waals surface area contributed by atoms with Crippen LogP contribution in [0.25, 0.3) is 0 Å². The fourth-order valence-electron chi connectivity index (χ4n) is 4.39. The summed E-state index contributed by atoms with van der Waals surface area (Å²) in [7, 11) is -3.19. The molecule has 4 rings (SSSR count). The molecule has 0 aliphatic carbocycles. The molecule has 2 fully saturated rings. The van der Waals surface area contributed by atoms with Gasteiger partial charge in [-0.2, -0.15) is 0 Å². The van der Waals surface area contributed by atoms with Crippen LogP contribution in [0.4, 0.5) is 4.39 Å². The van der Waals surface area contributed by atoms with Gasteiger partial charge in [0.1, 0.15) is 24.4 Å². The zero-order chi connectivity index (χ0) is 25.2. The van der Waals surface area contributed by atoms with Crippen molar-refractivity contribution in [3.63, 3.8) is 0 Å². The van der Waals surface area contributed by atoms with Crippen LogP contribution in [0.5, 0.6) is 11.8 Å². The first-order valence-electron chi connectivity index (χ1n) is 11.8. The van der Waals surface area contributed by atoms with Gasteiger partial charge in [0.2, 0.25) is 21.8 Å². The number of nitrogens with zero attached hydrogens (tertiary/aromatic N) is 4.